The standard InChI is InChI=1S/C12H14ClF2NO3S/c1-2-3-4-5-16-12(17)9-6-8(20(13,18)19)7-10(14)11(9)15/h6-7H,2-5H2,1H3,(H,16,17). The maximum absolute atomic E-state index is 13.5. The van der Waals surface area contributed by atoms with Gasteiger partial charge in [0.05, 0.1) is 10.5 Å². The third-order valence-electron chi connectivity index (χ3n) is 2.59. The smallest absolute Gasteiger partial charge is 0.261 e. The summed E-state index contributed by atoms with van der Waals surface area (Å²) >= 11 is 0. The van der Waals surface area contributed by atoms with Crippen LogP contribution in [0.2, 0.25) is 0 Å². The molecule has 0 saturated heterocycles. The number of nitrogens with one attached hydrogen (secondary N) is 1. The van der Waals surface area contributed by atoms with E-state index < -0.39 is 37.1 Å². The molecule has 1 aromatic rings. The second-order valence-electron chi connectivity index (χ2n) is 4.17. The summed E-state index contributed by atoms with van der Waals surface area (Å²) in [6.07, 6.45) is 2.52. The number of rotatable bonds is 6. The number of hydrogen-bond acceptors (Lipinski definition) is 3. The Labute approximate surface area is 120 Å². The van der Waals surface area contributed by atoms with E-state index in [1.165, 1.54) is 0 Å². The first kappa shape index (κ1) is 16.8. The quantitative estimate of drug-likeness (QED) is 0.646. The van der Waals surface area contributed by atoms with Crippen LogP contribution in [0.4, 0.5) is 8.78 Å². The fraction of sp³-hybridized carbons (Fsp3) is 0.417. The molecule has 0 heterocycles. The molecule has 1 amide bonds. The van der Waals surface area contributed by atoms with Crippen LogP contribution in [0.1, 0.15) is 36.5 Å². The highest BCUT2D eigenvalue weighted by Crippen LogP contribution is 2.21. The second kappa shape index (κ2) is 6.99. The van der Waals surface area contributed by atoms with E-state index in [0.29, 0.717) is 19.0 Å². The largest absolute Gasteiger partial charge is 0.352 e. The highest BCUT2D eigenvalue weighted by molar-refractivity contribution is 8.13. The van der Waals surface area contributed by atoms with Crippen molar-refractivity contribution in [2.24, 2.45) is 0 Å². The Hall–Kier alpha value is -1.21. The summed E-state index contributed by atoms with van der Waals surface area (Å²) in [5.74, 6) is -3.72. The van der Waals surface area contributed by atoms with Gasteiger partial charge < -0.3 is 5.32 Å². The van der Waals surface area contributed by atoms with Gasteiger partial charge in [0.2, 0.25) is 0 Å². The summed E-state index contributed by atoms with van der Waals surface area (Å²) in [6, 6.07) is 1.15. The van der Waals surface area contributed by atoms with Gasteiger partial charge in [0.1, 0.15) is 0 Å². The van der Waals surface area contributed by atoms with Crippen LogP contribution in [0.15, 0.2) is 17.0 Å². The van der Waals surface area contributed by atoms with Crippen molar-refractivity contribution in [1.29, 1.82) is 0 Å². The zero-order valence-electron chi connectivity index (χ0n) is 10.8. The lowest BCUT2D eigenvalue weighted by molar-refractivity contribution is 0.0947. The van der Waals surface area contributed by atoms with Crippen molar-refractivity contribution in [2.75, 3.05) is 6.54 Å². The third-order valence-corrected chi connectivity index (χ3v) is 3.93. The molecule has 1 aromatic carbocycles. The molecule has 0 radical (unpaired) electrons. The van der Waals surface area contributed by atoms with Gasteiger partial charge in [0.25, 0.3) is 15.0 Å². The molecule has 0 unspecified atom stereocenters. The average Bonchev–Trinajstić information content (AvgIpc) is 2.36. The number of unbranched alkanes of at least 4 members (excludes halogenated alkanes) is 2. The molecule has 0 bridgehead atoms. The van der Waals surface area contributed by atoms with Crippen LogP contribution in [0, 0.1) is 11.6 Å². The lowest BCUT2D eigenvalue weighted by Gasteiger charge is -2.07. The molecule has 0 aliphatic heterocycles. The molecule has 0 saturated carbocycles. The van der Waals surface area contributed by atoms with Gasteiger partial charge in [-0.15, -0.1) is 0 Å². The van der Waals surface area contributed by atoms with E-state index in [2.05, 4.69) is 5.32 Å². The molecule has 0 atom stereocenters. The van der Waals surface area contributed by atoms with E-state index in [-0.39, 0.29) is 0 Å². The van der Waals surface area contributed by atoms with Crippen molar-refractivity contribution in [2.45, 2.75) is 31.1 Å². The predicted molar refractivity (Wildman–Crippen MR) is 71.3 cm³/mol. The first-order valence-corrected chi connectivity index (χ1v) is 8.30. The van der Waals surface area contributed by atoms with Gasteiger partial charge in [0.15, 0.2) is 11.6 Å². The van der Waals surface area contributed by atoms with Gasteiger partial charge in [0, 0.05) is 17.2 Å². The first-order valence-electron chi connectivity index (χ1n) is 5.99. The van der Waals surface area contributed by atoms with Gasteiger partial charge >= 0.3 is 0 Å². The van der Waals surface area contributed by atoms with Crippen LogP contribution in [0.3, 0.4) is 0 Å². The summed E-state index contributed by atoms with van der Waals surface area (Å²) in [6.45, 7) is 2.28. The minimum atomic E-state index is -4.24. The van der Waals surface area contributed by atoms with Crippen molar-refractivity contribution >= 4 is 25.6 Å². The van der Waals surface area contributed by atoms with Crippen molar-refractivity contribution in [3.63, 3.8) is 0 Å². The van der Waals surface area contributed by atoms with Crippen LogP contribution in [-0.4, -0.2) is 20.9 Å². The van der Waals surface area contributed by atoms with Crippen LogP contribution < -0.4 is 5.32 Å². The maximum Gasteiger partial charge on any atom is 0.261 e. The van der Waals surface area contributed by atoms with E-state index in [4.69, 9.17) is 10.7 Å². The molecule has 0 aromatic heterocycles. The average molecular weight is 326 g/mol. The Morgan fingerprint density at radius 1 is 1.30 bits per heavy atom. The fourth-order valence-electron chi connectivity index (χ4n) is 1.54. The molecule has 0 fully saturated rings. The normalized spacial score (nSPS) is 11.4. The molecular weight excluding hydrogens is 312 g/mol. The molecule has 0 aliphatic rings. The zero-order chi connectivity index (χ0) is 15.3. The lowest BCUT2D eigenvalue weighted by atomic mass is 10.2. The number of hydrogen-bond donors (Lipinski definition) is 1. The van der Waals surface area contributed by atoms with Gasteiger partial charge in [-0.2, -0.15) is 0 Å². The molecule has 0 spiro atoms. The summed E-state index contributed by atoms with van der Waals surface area (Å²) < 4.78 is 49.0. The van der Waals surface area contributed by atoms with Crippen LogP contribution in [-0.2, 0) is 9.05 Å². The summed E-state index contributed by atoms with van der Waals surface area (Å²) in [5.41, 5.74) is -0.680. The maximum atomic E-state index is 13.5. The molecule has 20 heavy (non-hydrogen) atoms. The topological polar surface area (TPSA) is 63.2 Å². The SMILES string of the molecule is CCCCCNC(=O)c1cc(S(=O)(=O)Cl)cc(F)c1F. The second-order valence-corrected chi connectivity index (χ2v) is 6.73. The van der Waals surface area contributed by atoms with Crippen LogP contribution in [0.5, 0.6) is 0 Å². The third kappa shape index (κ3) is 4.42. The van der Waals surface area contributed by atoms with E-state index in [1.807, 2.05) is 6.92 Å². The molecule has 112 valence electrons. The molecule has 4 nitrogen and oxygen atoms in total. The van der Waals surface area contributed by atoms with Gasteiger partial charge in [-0.05, 0) is 18.6 Å². The Balaban J connectivity index is 2.99. The number of benzene rings is 1. The van der Waals surface area contributed by atoms with Crippen LogP contribution >= 0.6 is 10.7 Å². The number of amides is 1. The Bertz CT molecular complexity index is 605. The highest BCUT2D eigenvalue weighted by atomic mass is 35.7. The zero-order valence-corrected chi connectivity index (χ0v) is 12.3. The van der Waals surface area contributed by atoms with Gasteiger partial charge in [-0.25, -0.2) is 17.2 Å². The molecule has 0 aliphatic carbocycles. The Morgan fingerprint density at radius 3 is 2.50 bits per heavy atom. The predicted octanol–water partition coefficient (Wildman–Crippen LogP) is 2.81. The van der Waals surface area contributed by atoms with E-state index in [9.17, 15) is 22.0 Å². The van der Waals surface area contributed by atoms with Crippen molar-refractivity contribution < 1.29 is 22.0 Å². The summed E-state index contributed by atoms with van der Waals surface area (Å²) in [7, 11) is 0.815. The molecule has 1 rings (SSSR count). The van der Waals surface area contributed by atoms with Crippen molar-refractivity contribution in [1.82, 2.24) is 5.32 Å². The van der Waals surface area contributed by atoms with E-state index >= 15 is 0 Å². The molecule has 1 N–H and O–H groups in total. The monoisotopic (exact) mass is 325 g/mol. The Kier molecular flexibility index (Phi) is 5.88. The number of carbonyl (C=O) groups is 1. The van der Waals surface area contributed by atoms with Crippen molar-refractivity contribution in [3.05, 3.63) is 29.3 Å². The van der Waals surface area contributed by atoms with E-state index in [0.717, 1.165) is 18.9 Å². The minimum Gasteiger partial charge on any atom is -0.352 e. The minimum absolute atomic E-state index is 0.297. The first-order chi connectivity index (χ1) is 9.27. The summed E-state index contributed by atoms with van der Waals surface area (Å²) in [4.78, 5) is 11.0. The van der Waals surface area contributed by atoms with E-state index in [1.54, 1.807) is 0 Å². The van der Waals surface area contributed by atoms with Gasteiger partial charge in [-0.1, -0.05) is 19.8 Å². The van der Waals surface area contributed by atoms with Crippen LogP contribution in [0.25, 0.3) is 0 Å². The summed E-state index contributed by atoms with van der Waals surface area (Å²) in [5, 5.41) is 2.40. The number of carbonyl (C=O) groups excluding carboxylic acids is 1. The molecular formula is C12H14ClF2NO3S. The van der Waals surface area contributed by atoms with Crippen molar-refractivity contribution in [3.8, 4) is 0 Å². The Morgan fingerprint density at radius 2 is 1.95 bits per heavy atom. The highest BCUT2D eigenvalue weighted by Gasteiger charge is 2.21. The lowest BCUT2D eigenvalue weighted by Crippen LogP contribution is -2.26. The number of halogens is 3. The molecule has 8 heteroatoms. The fourth-order valence-corrected chi connectivity index (χ4v) is 2.31. The van der Waals surface area contributed by atoms with Gasteiger partial charge in [-0.3, -0.25) is 4.79 Å².